The van der Waals surface area contributed by atoms with E-state index in [4.69, 9.17) is 0 Å². The van der Waals surface area contributed by atoms with Crippen LogP contribution in [0.4, 0.5) is 5.69 Å². The molecule has 0 atom stereocenters. The third-order valence-electron chi connectivity index (χ3n) is 2.44. The van der Waals surface area contributed by atoms with Crippen LogP contribution in [-0.2, 0) is 0 Å². The number of para-hydroxylation sites is 1. The monoisotopic (exact) mass is 172 g/mol. The van der Waals surface area contributed by atoms with Gasteiger partial charge in [-0.2, -0.15) is 0 Å². The summed E-state index contributed by atoms with van der Waals surface area (Å²) < 4.78 is 0. The predicted octanol–water partition coefficient (Wildman–Crippen LogP) is 3.35. The van der Waals surface area contributed by atoms with Gasteiger partial charge in [0.25, 0.3) is 0 Å². The van der Waals surface area contributed by atoms with Crippen LogP contribution in [-0.4, -0.2) is 0 Å². The van der Waals surface area contributed by atoms with Gasteiger partial charge >= 0.3 is 0 Å². The van der Waals surface area contributed by atoms with Crippen LogP contribution in [0.5, 0.6) is 0 Å². The van der Waals surface area contributed by atoms with Gasteiger partial charge in [-0.25, -0.2) is 0 Å². The maximum absolute atomic E-state index is 2.31. The Hall–Kier alpha value is -1.24. The van der Waals surface area contributed by atoms with Gasteiger partial charge in [0.2, 0.25) is 0 Å². The van der Waals surface area contributed by atoms with Crippen molar-refractivity contribution in [3.05, 3.63) is 48.1 Å². The van der Waals surface area contributed by atoms with E-state index in [1.807, 2.05) is 6.07 Å². The molecule has 1 aliphatic heterocycles. The minimum Gasteiger partial charge on any atom is -0.337 e. The highest BCUT2D eigenvalue weighted by atomic mass is 15.2. The van der Waals surface area contributed by atoms with Gasteiger partial charge in [0.1, 0.15) is 0 Å². The quantitative estimate of drug-likeness (QED) is 0.628. The Balaban J connectivity index is 2.31. The second-order valence-corrected chi connectivity index (χ2v) is 3.46. The molecule has 0 saturated heterocycles. The molecule has 1 nitrogen and oxygen atoms in total. The topological polar surface area (TPSA) is 3.24 Å². The fraction of sp³-hybridized carbons (Fsp3) is 0.250. The molecule has 0 unspecified atom stereocenters. The van der Waals surface area contributed by atoms with Crippen LogP contribution < -0.4 is 4.90 Å². The smallest absolute Gasteiger partial charge is 0.0689 e. The van der Waals surface area contributed by atoms with E-state index < -0.39 is 0 Å². The molecule has 1 radical (unpaired) electrons. The van der Waals surface area contributed by atoms with E-state index in [2.05, 4.69) is 49.1 Å². The minimum atomic E-state index is 1.08. The Morgan fingerprint density at radius 3 is 2.31 bits per heavy atom. The van der Waals surface area contributed by atoms with Gasteiger partial charge in [0, 0.05) is 11.4 Å². The van der Waals surface area contributed by atoms with Crippen molar-refractivity contribution in [1.29, 1.82) is 0 Å². The van der Waals surface area contributed by atoms with Crippen molar-refractivity contribution in [2.24, 2.45) is 0 Å². The molecule has 0 spiro atoms. The molecule has 13 heavy (non-hydrogen) atoms. The van der Waals surface area contributed by atoms with Crippen LogP contribution in [0.2, 0.25) is 0 Å². The number of hydrogen-bond acceptors (Lipinski definition) is 1. The Kier molecular flexibility index (Phi) is 2.09. The van der Waals surface area contributed by atoms with Crippen molar-refractivity contribution in [1.82, 2.24) is 0 Å². The fourth-order valence-corrected chi connectivity index (χ4v) is 1.78. The molecule has 2 rings (SSSR count). The zero-order valence-electron chi connectivity index (χ0n) is 8.12. The molecule has 0 aromatic heterocycles. The highest BCUT2D eigenvalue weighted by molar-refractivity contribution is 5.58. The van der Waals surface area contributed by atoms with Crippen molar-refractivity contribution in [2.75, 3.05) is 4.90 Å². The number of benzene rings is 1. The lowest BCUT2D eigenvalue weighted by molar-refractivity contribution is 0.922. The number of anilines is 1. The lowest BCUT2D eigenvalue weighted by Gasteiger charge is -2.25. The summed E-state index contributed by atoms with van der Waals surface area (Å²) in [4.78, 5) is 2.31. The van der Waals surface area contributed by atoms with Crippen LogP contribution in [0.3, 0.4) is 0 Å². The molecule has 1 heteroatoms. The van der Waals surface area contributed by atoms with Gasteiger partial charge in [-0.15, -0.1) is 0 Å². The average Bonchev–Trinajstić information content (AvgIpc) is 2.48. The SMILES string of the molecule is C[C]1CC=C(C)N1c1ccccc1. The molecule has 0 bridgehead atoms. The molecule has 1 aliphatic rings. The first-order valence-electron chi connectivity index (χ1n) is 4.63. The molecule has 1 heterocycles. The Bertz CT molecular complexity index is 313. The highest BCUT2D eigenvalue weighted by Crippen LogP contribution is 2.32. The van der Waals surface area contributed by atoms with Crippen molar-refractivity contribution >= 4 is 5.69 Å². The molecule has 1 aromatic carbocycles. The Morgan fingerprint density at radius 1 is 1.08 bits per heavy atom. The second kappa shape index (κ2) is 3.25. The molecule has 1 aromatic rings. The van der Waals surface area contributed by atoms with E-state index in [0.29, 0.717) is 0 Å². The molecule has 67 valence electrons. The summed E-state index contributed by atoms with van der Waals surface area (Å²) in [6, 6.07) is 11.9. The minimum absolute atomic E-state index is 1.08. The first kappa shape index (κ1) is 8.36. The van der Waals surface area contributed by atoms with Crippen molar-refractivity contribution in [3.63, 3.8) is 0 Å². The number of rotatable bonds is 1. The maximum Gasteiger partial charge on any atom is 0.0689 e. The zero-order valence-corrected chi connectivity index (χ0v) is 8.12. The molecule has 0 amide bonds. The van der Waals surface area contributed by atoms with Crippen LogP contribution >= 0.6 is 0 Å². The van der Waals surface area contributed by atoms with E-state index in [0.717, 1.165) is 6.42 Å². The van der Waals surface area contributed by atoms with Crippen LogP contribution in [0, 0.1) is 6.04 Å². The molecule has 0 fully saturated rings. The van der Waals surface area contributed by atoms with Gasteiger partial charge in [-0.3, -0.25) is 0 Å². The van der Waals surface area contributed by atoms with Crippen LogP contribution in [0.25, 0.3) is 0 Å². The van der Waals surface area contributed by atoms with E-state index in [-0.39, 0.29) is 0 Å². The standard InChI is InChI=1S/C12H14N/c1-10-8-9-11(2)13(10)12-6-4-3-5-7-12/h3-8H,9H2,1-2H3. The first-order chi connectivity index (χ1) is 6.29. The summed E-state index contributed by atoms with van der Waals surface area (Å²) in [6.07, 6.45) is 3.35. The van der Waals surface area contributed by atoms with Gasteiger partial charge in [-0.1, -0.05) is 24.3 Å². The summed E-state index contributed by atoms with van der Waals surface area (Å²) in [5, 5.41) is 0. The molecular formula is C12H14N. The van der Waals surface area contributed by atoms with E-state index >= 15 is 0 Å². The maximum atomic E-state index is 2.31. The largest absolute Gasteiger partial charge is 0.337 e. The second-order valence-electron chi connectivity index (χ2n) is 3.46. The van der Waals surface area contributed by atoms with Crippen LogP contribution in [0.1, 0.15) is 20.3 Å². The fourth-order valence-electron chi connectivity index (χ4n) is 1.78. The lowest BCUT2D eigenvalue weighted by atomic mass is 10.2. The first-order valence-corrected chi connectivity index (χ1v) is 4.63. The van der Waals surface area contributed by atoms with Gasteiger partial charge < -0.3 is 4.90 Å². The Labute approximate surface area is 79.7 Å². The Morgan fingerprint density at radius 2 is 1.77 bits per heavy atom. The van der Waals surface area contributed by atoms with E-state index in [1.165, 1.54) is 17.4 Å². The van der Waals surface area contributed by atoms with E-state index in [9.17, 15) is 0 Å². The highest BCUT2D eigenvalue weighted by Gasteiger charge is 2.20. The van der Waals surface area contributed by atoms with Gasteiger partial charge in [-0.05, 0) is 32.4 Å². The summed E-state index contributed by atoms with van der Waals surface area (Å²) >= 11 is 0. The molecule has 0 N–H and O–H groups in total. The van der Waals surface area contributed by atoms with Crippen molar-refractivity contribution in [3.8, 4) is 0 Å². The number of allylic oxidation sites excluding steroid dienone is 1. The average molecular weight is 172 g/mol. The van der Waals surface area contributed by atoms with Crippen LogP contribution in [0.15, 0.2) is 42.1 Å². The van der Waals surface area contributed by atoms with Gasteiger partial charge in [0.15, 0.2) is 0 Å². The summed E-state index contributed by atoms with van der Waals surface area (Å²) in [5.74, 6) is 0. The van der Waals surface area contributed by atoms with Crippen molar-refractivity contribution in [2.45, 2.75) is 20.3 Å². The summed E-state index contributed by atoms with van der Waals surface area (Å²) in [5.41, 5.74) is 2.61. The third kappa shape index (κ3) is 1.46. The van der Waals surface area contributed by atoms with Gasteiger partial charge in [0.05, 0.1) is 6.04 Å². The zero-order chi connectivity index (χ0) is 9.26. The summed E-state index contributed by atoms with van der Waals surface area (Å²) in [6.45, 7) is 4.34. The van der Waals surface area contributed by atoms with Crippen molar-refractivity contribution < 1.29 is 0 Å². The normalized spacial score (nSPS) is 17.7. The third-order valence-corrected chi connectivity index (χ3v) is 2.44. The lowest BCUT2D eigenvalue weighted by Crippen LogP contribution is -2.19. The van der Waals surface area contributed by atoms with E-state index in [1.54, 1.807) is 0 Å². The number of nitrogens with zero attached hydrogens (tertiary/aromatic N) is 1. The predicted molar refractivity (Wildman–Crippen MR) is 56.2 cm³/mol. The number of hydrogen-bond donors (Lipinski definition) is 0. The summed E-state index contributed by atoms with van der Waals surface area (Å²) in [7, 11) is 0. The molecule has 0 aliphatic carbocycles. The molecule has 0 saturated carbocycles. The molecular weight excluding hydrogens is 158 g/mol.